The van der Waals surface area contributed by atoms with Gasteiger partial charge in [0.05, 0.1) is 0 Å². The highest BCUT2D eigenvalue weighted by Crippen LogP contribution is 2.08. The minimum Gasteiger partial charge on any atom is -0.363 e. The van der Waals surface area contributed by atoms with E-state index >= 15 is 0 Å². The first kappa shape index (κ1) is 14.8. The fourth-order valence-electron chi connectivity index (χ4n) is 1.84. The summed E-state index contributed by atoms with van der Waals surface area (Å²) in [5.41, 5.74) is 1.65. The Morgan fingerprint density at radius 3 is 2.52 bits per heavy atom. The van der Waals surface area contributed by atoms with E-state index in [-0.39, 0.29) is 18.4 Å². The fourth-order valence-corrected chi connectivity index (χ4v) is 1.84. The molecular weight excluding hydrogens is 270 g/mol. The van der Waals surface area contributed by atoms with Gasteiger partial charge in [0.2, 0.25) is 5.91 Å². The predicted octanol–water partition coefficient (Wildman–Crippen LogP) is 2.08. The largest absolute Gasteiger partial charge is 0.363 e. The summed E-state index contributed by atoms with van der Waals surface area (Å²) in [4.78, 5) is 25.7. The van der Waals surface area contributed by atoms with Crippen molar-refractivity contribution in [1.82, 2.24) is 10.1 Å². The topological polar surface area (TPSA) is 75.4 Å². The summed E-state index contributed by atoms with van der Waals surface area (Å²) in [7, 11) is 0. The van der Waals surface area contributed by atoms with E-state index < -0.39 is 0 Å². The maximum atomic E-state index is 12.3. The van der Waals surface area contributed by atoms with Gasteiger partial charge in [0.15, 0.2) is 5.82 Å². The molecule has 0 aliphatic carbocycles. The van der Waals surface area contributed by atoms with Crippen LogP contribution in [0.5, 0.6) is 0 Å². The van der Waals surface area contributed by atoms with Gasteiger partial charge in [-0.1, -0.05) is 22.9 Å². The highest BCUT2D eigenvalue weighted by molar-refractivity contribution is 5.99. The second-order valence-corrected chi connectivity index (χ2v) is 4.62. The molecule has 21 heavy (non-hydrogen) atoms. The SMILES string of the molecule is CCN(CC(=O)Nc1ccon1)C(=O)c1ccc(C)cc1. The highest BCUT2D eigenvalue weighted by Gasteiger charge is 2.17. The molecule has 2 aromatic rings. The molecule has 0 saturated heterocycles. The second kappa shape index (κ2) is 6.69. The number of likely N-dealkylation sites (N-methyl/N-ethyl adjacent to an activating group) is 1. The molecule has 0 aliphatic rings. The van der Waals surface area contributed by atoms with Gasteiger partial charge in [-0.25, -0.2) is 0 Å². The molecule has 1 heterocycles. The molecular formula is C15H17N3O3. The van der Waals surface area contributed by atoms with E-state index in [1.165, 1.54) is 17.2 Å². The van der Waals surface area contributed by atoms with Crippen molar-refractivity contribution < 1.29 is 14.1 Å². The standard InChI is InChI=1S/C15H17N3O3/c1-3-18(10-14(19)16-13-8-9-21-17-13)15(20)12-6-4-11(2)5-7-12/h4-9H,3,10H2,1-2H3,(H,16,17,19). The number of aromatic nitrogens is 1. The van der Waals surface area contributed by atoms with Crippen LogP contribution in [0.2, 0.25) is 0 Å². The molecule has 1 aromatic carbocycles. The van der Waals surface area contributed by atoms with Gasteiger partial charge in [-0.3, -0.25) is 9.59 Å². The van der Waals surface area contributed by atoms with Crippen molar-refractivity contribution in [2.24, 2.45) is 0 Å². The van der Waals surface area contributed by atoms with Gasteiger partial charge in [0.1, 0.15) is 12.8 Å². The number of aryl methyl sites for hydroxylation is 1. The summed E-state index contributed by atoms with van der Waals surface area (Å²) >= 11 is 0. The molecule has 0 bridgehead atoms. The first-order valence-electron chi connectivity index (χ1n) is 6.66. The van der Waals surface area contributed by atoms with E-state index in [0.717, 1.165) is 5.56 Å². The van der Waals surface area contributed by atoms with Gasteiger partial charge in [-0.2, -0.15) is 0 Å². The smallest absolute Gasteiger partial charge is 0.254 e. The zero-order chi connectivity index (χ0) is 15.2. The molecule has 110 valence electrons. The van der Waals surface area contributed by atoms with Crippen LogP contribution in [0.4, 0.5) is 5.82 Å². The molecule has 1 aromatic heterocycles. The van der Waals surface area contributed by atoms with Gasteiger partial charge in [0, 0.05) is 18.2 Å². The Kier molecular flexibility index (Phi) is 4.71. The van der Waals surface area contributed by atoms with Crippen molar-refractivity contribution in [3.63, 3.8) is 0 Å². The van der Waals surface area contributed by atoms with Crippen molar-refractivity contribution in [1.29, 1.82) is 0 Å². The van der Waals surface area contributed by atoms with Crippen LogP contribution >= 0.6 is 0 Å². The maximum Gasteiger partial charge on any atom is 0.254 e. The maximum absolute atomic E-state index is 12.3. The van der Waals surface area contributed by atoms with Gasteiger partial charge in [-0.15, -0.1) is 0 Å². The summed E-state index contributed by atoms with van der Waals surface area (Å²) in [5.74, 6) is -0.155. The molecule has 1 N–H and O–H groups in total. The van der Waals surface area contributed by atoms with E-state index in [2.05, 4.69) is 15.0 Å². The predicted molar refractivity (Wildman–Crippen MR) is 77.9 cm³/mol. The minimum atomic E-state index is -0.314. The fraction of sp³-hybridized carbons (Fsp3) is 0.267. The number of nitrogens with zero attached hydrogens (tertiary/aromatic N) is 2. The number of anilines is 1. The molecule has 2 rings (SSSR count). The number of rotatable bonds is 5. The third kappa shape index (κ3) is 3.92. The van der Waals surface area contributed by atoms with Crippen LogP contribution < -0.4 is 5.32 Å². The third-order valence-electron chi connectivity index (χ3n) is 3.01. The lowest BCUT2D eigenvalue weighted by Crippen LogP contribution is -2.37. The van der Waals surface area contributed by atoms with Gasteiger partial charge >= 0.3 is 0 Å². The molecule has 0 unspecified atom stereocenters. The number of hydrogen-bond acceptors (Lipinski definition) is 4. The molecule has 2 amide bonds. The van der Waals surface area contributed by atoms with E-state index in [4.69, 9.17) is 0 Å². The first-order valence-corrected chi connectivity index (χ1v) is 6.66. The zero-order valence-electron chi connectivity index (χ0n) is 12.0. The van der Waals surface area contributed by atoms with Crippen molar-refractivity contribution in [2.75, 3.05) is 18.4 Å². The molecule has 0 fully saturated rings. The summed E-state index contributed by atoms with van der Waals surface area (Å²) in [5, 5.41) is 6.16. The lowest BCUT2D eigenvalue weighted by molar-refractivity contribution is -0.116. The van der Waals surface area contributed by atoms with Crippen LogP contribution in [0.3, 0.4) is 0 Å². The second-order valence-electron chi connectivity index (χ2n) is 4.62. The highest BCUT2D eigenvalue weighted by atomic mass is 16.5. The molecule has 0 radical (unpaired) electrons. The Balaban J connectivity index is 2.00. The molecule has 0 saturated carbocycles. The van der Waals surface area contributed by atoms with Crippen LogP contribution in [-0.4, -0.2) is 35.0 Å². The number of nitrogens with one attached hydrogen (secondary N) is 1. The number of hydrogen-bond donors (Lipinski definition) is 1. The Morgan fingerprint density at radius 2 is 1.95 bits per heavy atom. The number of carbonyl (C=O) groups excluding carboxylic acids is 2. The average molecular weight is 287 g/mol. The quantitative estimate of drug-likeness (QED) is 0.913. The van der Waals surface area contributed by atoms with Gasteiger partial charge in [0.25, 0.3) is 5.91 Å². The Hall–Kier alpha value is -2.63. The van der Waals surface area contributed by atoms with E-state index in [0.29, 0.717) is 17.9 Å². The Morgan fingerprint density at radius 1 is 1.24 bits per heavy atom. The van der Waals surface area contributed by atoms with Crippen molar-refractivity contribution in [3.8, 4) is 0 Å². The van der Waals surface area contributed by atoms with Crippen molar-refractivity contribution >= 4 is 17.6 Å². The zero-order valence-corrected chi connectivity index (χ0v) is 12.0. The summed E-state index contributed by atoms with van der Waals surface area (Å²) in [6.07, 6.45) is 1.37. The van der Waals surface area contributed by atoms with Crippen LogP contribution in [0.1, 0.15) is 22.8 Å². The molecule has 0 atom stereocenters. The first-order chi connectivity index (χ1) is 10.1. The number of benzene rings is 1. The number of amides is 2. The number of carbonyl (C=O) groups is 2. The van der Waals surface area contributed by atoms with Crippen LogP contribution in [0.15, 0.2) is 41.1 Å². The lowest BCUT2D eigenvalue weighted by atomic mass is 10.1. The van der Waals surface area contributed by atoms with Crippen molar-refractivity contribution in [3.05, 3.63) is 47.7 Å². The summed E-state index contributed by atoms with van der Waals surface area (Å²) in [6, 6.07) is 8.80. The van der Waals surface area contributed by atoms with Crippen LogP contribution in [0.25, 0.3) is 0 Å². The Bertz CT molecular complexity index is 606. The molecule has 0 spiro atoms. The van der Waals surface area contributed by atoms with E-state index in [1.54, 1.807) is 12.1 Å². The minimum absolute atomic E-state index is 0.0317. The van der Waals surface area contributed by atoms with Crippen LogP contribution in [-0.2, 0) is 4.79 Å². The third-order valence-corrected chi connectivity index (χ3v) is 3.01. The van der Waals surface area contributed by atoms with Crippen molar-refractivity contribution in [2.45, 2.75) is 13.8 Å². The Labute approximate surface area is 122 Å². The van der Waals surface area contributed by atoms with Gasteiger partial charge < -0.3 is 14.7 Å². The average Bonchev–Trinajstić information content (AvgIpc) is 2.97. The molecule has 6 heteroatoms. The normalized spacial score (nSPS) is 10.2. The lowest BCUT2D eigenvalue weighted by Gasteiger charge is -2.20. The van der Waals surface area contributed by atoms with Crippen LogP contribution in [0, 0.1) is 6.92 Å². The monoisotopic (exact) mass is 287 g/mol. The molecule has 0 aliphatic heterocycles. The molecule has 6 nitrogen and oxygen atoms in total. The van der Waals surface area contributed by atoms with E-state index in [9.17, 15) is 9.59 Å². The van der Waals surface area contributed by atoms with E-state index in [1.807, 2.05) is 26.0 Å². The van der Waals surface area contributed by atoms with Gasteiger partial charge in [-0.05, 0) is 26.0 Å². The summed E-state index contributed by atoms with van der Waals surface area (Å²) < 4.78 is 4.63. The summed E-state index contributed by atoms with van der Waals surface area (Å²) in [6.45, 7) is 4.20.